The Morgan fingerprint density at radius 3 is 2.62 bits per heavy atom. The quantitative estimate of drug-likeness (QED) is 0.736. The van der Waals surface area contributed by atoms with Gasteiger partial charge in [0.15, 0.2) is 0 Å². The van der Waals surface area contributed by atoms with Crippen molar-refractivity contribution in [2.75, 3.05) is 13.2 Å². The highest BCUT2D eigenvalue weighted by Gasteiger charge is 2.49. The van der Waals surface area contributed by atoms with E-state index in [4.69, 9.17) is 9.57 Å². The van der Waals surface area contributed by atoms with Crippen LogP contribution in [0.2, 0.25) is 0 Å². The van der Waals surface area contributed by atoms with Gasteiger partial charge in [-0.1, -0.05) is 25.9 Å². The van der Waals surface area contributed by atoms with Gasteiger partial charge < -0.3 is 14.7 Å². The Balaban J connectivity index is 2.79. The fraction of sp³-hybridized carbons (Fsp3) is 0.818. The highest BCUT2D eigenvalue weighted by Crippen LogP contribution is 2.32. The molecule has 0 saturated carbocycles. The lowest BCUT2D eigenvalue weighted by Crippen LogP contribution is -2.44. The van der Waals surface area contributed by atoms with Crippen LogP contribution in [0.3, 0.4) is 0 Å². The van der Waals surface area contributed by atoms with Gasteiger partial charge in [-0.25, -0.2) is 4.79 Å². The van der Waals surface area contributed by atoms with Crippen LogP contribution in [-0.2, 0) is 14.4 Å². The molecule has 0 aliphatic carbocycles. The molecule has 1 heterocycles. The van der Waals surface area contributed by atoms with E-state index in [2.05, 4.69) is 5.16 Å². The van der Waals surface area contributed by atoms with Crippen LogP contribution in [0.25, 0.3) is 0 Å². The third kappa shape index (κ3) is 2.35. The molecule has 92 valence electrons. The van der Waals surface area contributed by atoms with Gasteiger partial charge in [0.1, 0.15) is 0 Å². The lowest BCUT2D eigenvalue weighted by Gasteiger charge is -2.23. The summed E-state index contributed by atoms with van der Waals surface area (Å²) in [6, 6.07) is 0. The zero-order chi connectivity index (χ0) is 12.4. The van der Waals surface area contributed by atoms with Gasteiger partial charge in [-0.3, -0.25) is 0 Å². The standard InChI is InChI=1S/C11H19NO4/c1-5-15-9(14)11(7-13)6-8(12-16-11)10(2,3)4/h13H,5-7H2,1-4H3. The second-order valence-electron chi connectivity index (χ2n) is 4.93. The van der Waals surface area contributed by atoms with Gasteiger partial charge in [-0.15, -0.1) is 0 Å². The molecule has 0 aromatic carbocycles. The molecule has 1 unspecified atom stereocenters. The topological polar surface area (TPSA) is 68.1 Å². The first kappa shape index (κ1) is 13.0. The number of rotatable bonds is 3. The van der Waals surface area contributed by atoms with Gasteiger partial charge in [0.25, 0.3) is 5.60 Å². The van der Waals surface area contributed by atoms with Crippen molar-refractivity contribution in [3.05, 3.63) is 0 Å². The Bertz CT molecular complexity index is 306. The number of hydrogen-bond acceptors (Lipinski definition) is 5. The molecule has 0 bridgehead atoms. The van der Waals surface area contributed by atoms with Crippen molar-refractivity contribution in [3.8, 4) is 0 Å². The van der Waals surface area contributed by atoms with E-state index in [1.54, 1.807) is 6.92 Å². The summed E-state index contributed by atoms with van der Waals surface area (Å²) in [5.74, 6) is -0.555. The summed E-state index contributed by atoms with van der Waals surface area (Å²) < 4.78 is 4.88. The summed E-state index contributed by atoms with van der Waals surface area (Å²) in [5.41, 5.74) is -0.753. The van der Waals surface area contributed by atoms with Gasteiger partial charge >= 0.3 is 5.97 Å². The molecule has 0 aromatic rings. The van der Waals surface area contributed by atoms with Crippen LogP contribution in [0, 0.1) is 5.41 Å². The number of oxime groups is 1. The molecule has 16 heavy (non-hydrogen) atoms. The number of esters is 1. The minimum absolute atomic E-state index is 0.177. The zero-order valence-corrected chi connectivity index (χ0v) is 10.2. The molecule has 0 spiro atoms. The maximum absolute atomic E-state index is 11.7. The number of hydrogen-bond donors (Lipinski definition) is 1. The van der Waals surface area contributed by atoms with Crippen molar-refractivity contribution < 1.29 is 19.5 Å². The Hall–Kier alpha value is -1.10. The number of aliphatic hydroxyl groups excluding tert-OH is 1. The molecule has 1 aliphatic heterocycles. The lowest BCUT2D eigenvalue weighted by molar-refractivity contribution is -0.173. The first-order valence-corrected chi connectivity index (χ1v) is 5.39. The Morgan fingerprint density at radius 1 is 1.62 bits per heavy atom. The minimum Gasteiger partial charge on any atom is -0.463 e. The third-order valence-electron chi connectivity index (χ3n) is 2.55. The minimum atomic E-state index is -1.33. The number of carbonyl (C=O) groups excluding carboxylic acids is 1. The van der Waals surface area contributed by atoms with Gasteiger partial charge in [0.2, 0.25) is 0 Å². The van der Waals surface area contributed by atoms with E-state index in [-0.39, 0.29) is 18.4 Å². The Kier molecular flexibility index (Phi) is 3.57. The van der Waals surface area contributed by atoms with Crippen molar-refractivity contribution in [1.82, 2.24) is 0 Å². The highest BCUT2D eigenvalue weighted by molar-refractivity contribution is 5.96. The lowest BCUT2D eigenvalue weighted by atomic mass is 9.83. The van der Waals surface area contributed by atoms with E-state index >= 15 is 0 Å². The molecule has 5 heteroatoms. The second kappa shape index (κ2) is 4.41. The van der Waals surface area contributed by atoms with Crippen molar-refractivity contribution in [2.45, 2.75) is 39.7 Å². The molecular formula is C11H19NO4. The Morgan fingerprint density at radius 2 is 2.25 bits per heavy atom. The fourth-order valence-electron chi connectivity index (χ4n) is 1.40. The summed E-state index contributed by atoms with van der Waals surface area (Å²) in [5, 5.41) is 13.2. The average Bonchev–Trinajstić information content (AvgIpc) is 2.63. The van der Waals surface area contributed by atoms with Crippen LogP contribution in [0.1, 0.15) is 34.1 Å². The number of nitrogens with zero attached hydrogens (tertiary/aromatic N) is 1. The third-order valence-corrected chi connectivity index (χ3v) is 2.55. The fourth-order valence-corrected chi connectivity index (χ4v) is 1.40. The largest absolute Gasteiger partial charge is 0.463 e. The van der Waals surface area contributed by atoms with E-state index in [1.807, 2.05) is 20.8 Å². The highest BCUT2D eigenvalue weighted by atomic mass is 16.7. The summed E-state index contributed by atoms with van der Waals surface area (Å²) >= 11 is 0. The first-order chi connectivity index (χ1) is 7.35. The van der Waals surface area contributed by atoms with E-state index in [0.717, 1.165) is 5.71 Å². The van der Waals surface area contributed by atoms with E-state index < -0.39 is 18.2 Å². The molecule has 1 rings (SSSR count). The summed E-state index contributed by atoms with van der Waals surface area (Å²) in [7, 11) is 0. The van der Waals surface area contributed by atoms with Crippen molar-refractivity contribution in [2.24, 2.45) is 10.6 Å². The SMILES string of the molecule is CCOC(=O)C1(CO)CC(C(C)(C)C)=NO1. The van der Waals surface area contributed by atoms with Crippen LogP contribution < -0.4 is 0 Å². The van der Waals surface area contributed by atoms with Crippen LogP contribution >= 0.6 is 0 Å². The van der Waals surface area contributed by atoms with Crippen molar-refractivity contribution in [1.29, 1.82) is 0 Å². The van der Waals surface area contributed by atoms with E-state index in [9.17, 15) is 9.90 Å². The van der Waals surface area contributed by atoms with Gasteiger partial charge in [0, 0.05) is 11.8 Å². The van der Waals surface area contributed by atoms with Gasteiger partial charge in [-0.05, 0) is 6.92 Å². The van der Waals surface area contributed by atoms with Crippen LogP contribution in [0.5, 0.6) is 0 Å². The van der Waals surface area contributed by atoms with Crippen LogP contribution in [0.4, 0.5) is 0 Å². The Labute approximate surface area is 95.4 Å². The smallest absolute Gasteiger partial charge is 0.356 e. The van der Waals surface area contributed by atoms with E-state index in [0.29, 0.717) is 0 Å². The molecule has 0 fully saturated rings. The molecule has 0 radical (unpaired) electrons. The monoisotopic (exact) mass is 229 g/mol. The van der Waals surface area contributed by atoms with Crippen molar-refractivity contribution >= 4 is 11.7 Å². The summed E-state index contributed by atoms with van der Waals surface area (Å²) in [4.78, 5) is 16.8. The molecule has 0 amide bonds. The molecule has 1 atom stereocenters. The average molecular weight is 229 g/mol. The number of carbonyl (C=O) groups is 1. The predicted molar refractivity (Wildman–Crippen MR) is 59.0 cm³/mol. The van der Waals surface area contributed by atoms with Crippen LogP contribution in [0.15, 0.2) is 5.16 Å². The molecule has 5 nitrogen and oxygen atoms in total. The maximum atomic E-state index is 11.7. The molecule has 0 saturated heterocycles. The van der Waals surface area contributed by atoms with Gasteiger partial charge in [0.05, 0.1) is 18.9 Å². The molecular weight excluding hydrogens is 210 g/mol. The van der Waals surface area contributed by atoms with Crippen LogP contribution in [-0.4, -0.2) is 35.6 Å². The summed E-state index contributed by atoms with van der Waals surface area (Å²) in [6.07, 6.45) is 0.284. The zero-order valence-electron chi connectivity index (χ0n) is 10.2. The first-order valence-electron chi connectivity index (χ1n) is 5.39. The normalized spacial score (nSPS) is 24.9. The second-order valence-corrected chi connectivity index (χ2v) is 4.93. The van der Waals surface area contributed by atoms with Crippen molar-refractivity contribution in [3.63, 3.8) is 0 Å². The predicted octanol–water partition coefficient (Wildman–Crippen LogP) is 1.10. The molecule has 0 aromatic heterocycles. The number of ether oxygens (including phenoxy) is 1. The molecule has 1 N–H and O–H groups in total. The summed E-state index contributed by atoms with van der Waals surface area (Å²) in [6.45, 7) is 7.49. The van der Waals surface area contributed by atoms with Gasteiger partial charge in [-0.2, -0.15) is 0 Å². The van der Waals surface area contributed by atoms with E-state index in [1.165, 1.54) is 0 Å². The maximum Gasteiger partial charge on any atom is 0.356 e. The molecule has 1 aliphatic rings. The number of aliphatic hydroxyl groups is 1.